The summed E-state index contributed by atoms with van der Waals surface area (Å²) in [6.45, 7) is 6.62. The van der Waals surface area contributed by atoms with E-state index < -0.39 is 16.0 Å². The molecule has 0 fully saturated rings. The highest BCUT2D eigenvalue weighted by atomic mass is 32.2. The van der Waals surface area contributed by atoms with Crippen LogP contribution in [-0.4, -0.2) is 26.5 Å². The monoisotopic (exact) mass is 337 g/mol. The minimum absolute atomic E-state index is 0.0659. The van der Waals surface area contributed by atoms with Gasteiger partial charge >= 0.3 is 5.97 Å². The molecule has 0 radical (unpaired) electrons. The standard InChI is InChI=1S/C16H19NO5S/c1-9-6-10(2)8-13(7-9)17(5)23(20,21)15-12(4)22-11(3)14(15)16(18)19/h6-8H,1-5H3,(H,18,19). The van der Waals surface area contributed by atoms with E-state index in [2.05, 4.69) is 0 Å². The van der Waals surface area contributed by atoms with Crippen molar-refractivity contribution < 1.29 is 22.7 Å². The number of furan rings is 1. The van der Waals surface area contributed by atoms with E-state index in [-0.39, 0.29) is 22.0 Å². The van der Waals surface area contributed by atoms with Crippen molar-refractivity contribution in [2.75, 3.05) is 11.4 Å². The number of aromatic carboxylic acids is 1. The number of hydrogen-bond donors (Lipinski definition) is 1. The fourth-order valence-corrected chi connectivity index (χ4v) is 4.18. The lowest BCUT2D eigenvalue weighted by Gasteiger charge is -2.20. The lowest BCUT2D eigenvalue weighted by atomic mass is 10.1. The number of carboxylic acid groups (broad SMARTS) is 1. The van der Waals surface area contributed by atoms with Crippen molar-refractivity contribution in [2.45, 2.75) is 32.6 Å². The van der Waals surface area contributed by atoms with E-state index >= 15 is 0 Å². The Morgan fingerprint density at radius 1 is 1.04 bits per heavy atom. The summed E-state index contributed by atoms with van der Waals surface area (Å²) in [5.74, 6) is -1.19. The number of sulfonamides is 1. The van der Waals surface area contributed by atoms with Crippen LogP contribution in [0.15, 0.2) is 27.5 Å². The molecule has 2 aromatic rings. The van der Waals surface area contributed by atoms with Crippen molar-refractivity contribution >= 4 is 21.7 Å². The molecule has 1 aromatic carbocycles. The zero-order chi connectivity index (χ0) is 17.5. The van der Waals surface area contributed by atoms with Gasteiger partial charge in [0.05, 0.1) is 5.69 Å². The second kappa shape index (κ2) is 5.73. The molecular formula is C16H19NO5S. The predicted octanol–water partition coefficient (Wildman–Crippen LogP) is 3.04. The Morgan fingerprint density at radius 2 is 1.57 bits per heavy atom. The molecular weight excluding hydrogens is 318 g/mol. The third-order valence-electron chi connectivity index (χ3n) is 3.61. The SMILES string of the molecule is Cc1cc(C)cc(N(C)S(=O)(=O)c2c(C)oc(C)c2C(=O)O)c1. The number of anilines is 1. The molecule has 0 atom stereocenters. The van der Waals surface area contributed by atoms with Gasteiger partial charge in [0.2, 0.25) is 0 Å². The first kappa shape index (κ1) is 17.1. The lowest BCUT2D eigenvalue weighted by Crippen LogP contribution is -2.28. The molecule has 0 saturated carbocycles. The molecule has 7 heteroatoms. The fraction of sp³-hybridized carbons (Fsp3) is 0.312. The Labute approximate surface area is 135 Å². The van der Waals surface area contributed by atoms with E-state index in [1.54, 1.807) is 12.1 Å². The Balaban J connectivity index is 2.65. The quantitative estimate of drug-likeness (QED) is 0.926. The van der Waals surface area contributed by atoms with Crippen LogP contribution in [-0.2, 0) is 10.0 Å². The topological polar surface area (TPSA) is 87.8 Å². The van der Waals surface area contributed by atoms with Crippen LogP contribution in [0.2, 0.25) is 0 Å². The van der Waals surface area contributed by atoms with Gasteiger partial charge < -0.3 is 9.52 Å². The summed E-state index contributed by atoms with van der Waals surface area (Å²) in [5, 5.41) is 9.32. The zero-order valence-corrected chi connectivity index (χ0v) is 14.5. The van der Waals surface area contributed by atoms with Gasteiger partial charge in [-0.1, -0.05) is 6.07 Å². The first-order valence-corrected chi connectivity index (χ1v) is 8.40. The third kappa shape index (κ3) is 2.96. The van der Waals surface area contributed by atoms with E-state index in [1.165, 1.54) is 20.9 Å². The summed E-state index contributed by atoms with van der Waals surface area (Å²) in [6.07, 6.45) is 0. The normalized spacial score (nSPS) is 11.5. The summed E-state index contributed by atoms with van der Waals surface area (Å²) in [7, 11) is -2.65. The van der Waals surface area contributed by atoms with Crippen molar-refractivity contribution in [2.24, 2.45) is 0 Å². The number of carbonyl (C=O) groups is 1. The first-order chi connectivity index (χ1) is 10.6. The highest BCUT2D eigenvalue weighted by Gasteiger charge is 2.34. The zero-order valence-electron chi connectivity index (χ0n) is 13.7. The van der Waals surface area contributed by atoms with Crippen LogP contribution in [0.1, 0.15) is 33.0 Å². The van der Waals surface area contributed by atoms with E-state index in [0.29, 0.717) is 5.69 Å². The Bertz CT molecular complexity index is 860. The molecule has 1 N–H and O–H groups in total. The lowest BCUT2D eigenvalue weighted by molar-refractivity contribution is 0.0691. The maximum atomic E-state index is 12.9. The van der Waals surface area contributed by atoms with Crippen LogP contribution in [0.25, 0.3) is 0 Å². The van der Waals surface area contributed by atoms with Gasteiger partial charge in [-0.05, 0) is 51.0 Å². The molecule has 1 aromatic heterocycles. The molecule has 0 aliphatic heterocycles. The minimum atomic E-state index is -4.05. The molecule has 23 heavy (non-hydrogen) atoms. The third-order valence-corrected chi connectivity index (χ3v) is 5.55. The van der Waals surface area contributed by atoms with Crippen LogP contribution in [0, 0.1) is 27.7 Å². The largest absolute Gasteiger partial charge is 0.478 e. The van der Waals surface area contributed by atoms with Crippen molar-refractivity contribution in [3.63, 3.8) is 0 Å². The number of carboxylic acids is 1. The van der Waals surface area contributed by atoms with Crippen molar-refractivity contribution in [3.8, 4) is 0 Å². The smallest absolute Gasteiger partial charge is 0.340 e. The van der Waals surface area contributed by atoms with E-state index in [1.807, 2.05) is 19.9 Å². The average Bonchev–Trinajstić information content (AvgIpc) is 2.72. The number of rotatable bonds is 4. The minimum Gasteiger partial charge on any atom is -0.478 e. The fourth-order valence-electron chi connectivity index (χ4n) is 2.63. The summed E-state index contributed by atoms with van der Waals surface area (Å²) in [4.78, 5) is 11.1. The molecule has 6 nitrogen and oxygen atoms in total. The molecule has 0 unspecified atom stereocenters. The maximum absolute atomic E-state index is 12.9. The number of nitrogens with zero attached hydrogens (tertiary/aromatic N) is 1. The van der Waals surface area contributed by atoms with E-state index in [0.717, 1.165) is 15.4 Å². The molecule has 0 aliphatic carbocycles. The molecule has 124 valence electrons. The molecule has 0 spiro atoms. The predicted molar refractivity (Wildman–Crippen MR) is 86.6 cm³/mol. The highest BCUT2D eigenvalue weighted by molar-refractivity contribution is 7.93. The van der Waals surface area contributed by atoms with E-state index in [9.17, 15) is 18.3 Å². The molecule has 0 saturated heterocycles. The van der Waals surface area contributed by atoms with Gasteiger partial charge in [0.1, 0.15) is 22.0 Å². The highest BCUT2D eigenvalue weighted by Crippen LogP contribution is 2.31. The summed E-state index contributed by atoms with van der Waals surface area (Å²) >= 11 is 0. The molecule has 2 rings (SSSR count). The Kier molecular flexibility index (Phi) is 4.26. The average molecular weight is 337 g/mol. The van der Waals surface area contributed by atoms with Gasteiger partial charge in [-0.3, -0.25) is 4.31 Å². The molecule has 1 heterocycles. The maximum Gasteiger partial charge on any atom is 0.340 e. The van der Waals surface area contributed by atoms with Crippen LogP contribution in [0.4, 0.5) is 5.69 Å². The summed E-state index contributed by atoms with van der Waals surface area (Å²) in [5.41, 5.74) is 1.98. The second-order valence-electron chi connectivity index (χ2n) is 5.54. The van der Waals surface area contributed by atoms with Crippen LogP contribution in [0.3, 0.4) is 0 Å². The first-order valence-electron chi connectivity index (χ1n) is 6.96. The van der Waals surface area contributed by atoms with Gasteiger partial charge in [-0.2, -0.15) is 0 Å². The number of hydrogen-bond acceptors (Lipinski definition) is 4. The van der Waals surface area contributed by atoms with Gasteiger partial charge in [0, 0.05) is 7.05 Å². The van der Waals surface area contributed by atoms with Gasteiger partial charge in [0.25, 0.3) is 10.0 Å². The van der Waals surface area contributed by atoms with Gasteiger partial charge in [-0.15, -0.1) is 0 Å². The van der Waals surface area contributed by atoms with Gasteiger partial charge in [0.15, 0.2) is 0 Å². The van der Waals surface area contributed by atoms with E-state index in [4.69, 9.17) is 4.42 Å². The summed E-state index contributed by atoms with van der Waals surface area (Å²) in [6, 6.07) is 5.39. The second-order valence-corrected chi connectivity index (χ2v) is 7.45. The van der Waals surface area contributed by atoms with Crippen LogP contribution >= 0.6 is 0 Å². The van der Waals surface area contributed by atoms with Crippen molar-refractivity contribution in [3.05, 3.63) is 46.4 Å². The van der Waals surface area contributed by atoms with Crippen molar-refractivity contribution in [1.29, 1.82) is 0 Å². The number of benzene rings is 1. The molecule has 0 aliphatic rings. The van der Waals surface area contributed by atoms with Crippen LogP contribution in [0.5, 0.6) is 0 Å². The Hall–Kier alpha value is -2.28. The molecule has 0 bridgehead atoms. The Morgan fingerprint density at radius 3 is 2.04 bits per heavy atom. The number of aryl methyl sites for hydroxylation is 4. The van der Waals surface area contributed by atoms with Crippen molar-refractivity contribution in [1.82, 2.24) is 0 Å². The molecule has 0 amide bonds. The summed E-state index contributed by atoms with van der Waals surface area (Å²) < 4.78 is 32.2. The van der Waals surface area contributed by atoms with Gasteiger partial charge in [-0.25, -0.2) is 13.2 Å². The van der Waals surface area contributed by atoms with Crippen LogP contribution < -0.4 is 4.31 Å².